The predicted molar refractivity (Wildman–Crippen MR) is 91.0 cm³/mol. The van der Waals surface area contributed by atoms with E-state index >= 15 is 0 Å². The van der Waals surface area contributed by atoms with Crippen molar-refractivity contribution in [1.29, 1.82) is 0 Å². The fraction of sp³-hybridized carbons (Fsp3) is 0.176. The van der Waals surface area contributed by atoms with E-state index in [0.717, 1.165) is 16.6 Å². The molecule has 0 unspecified atom stereocenters. The van der Waals surface area contributed by atoms with Crippen molar-refractivity contribution in [3.63, 3.8) is 0 Å². The Morgan fingerprint density at radius 1 is 1.14 bits per heavy atom. The fourth-order valence-electron chi connectivity index (χ4n) is 2.22. The van der Waals surface area contributed by atoms with Crippen LogP contribution in [0.15, 0.2) is 54.6 Å². The number of aromatic nitrogens is 1. The fourth-order valence-corrected chi connectivity index (χ4v) is 3.09. The highest BCUT2D eigenvalue weighted by atomic mass is 32.1. The number of nitrogens with zero attached hydrogens (tertiary/aromatic N) is 1. The molecule has 1 amide bonds. The Bertz CT molecular complexity index is 737. The van der Waals surface area contributed by atoms with Gasteiger partial charge < -0.3 is 11.1 Å². The number of hydrogen-bond acceptors (Lipinski definition) is 4. The molecule has 0 saturated heterocycles. The topological polar surface area (TPSA) is 68.0 Å². The zero-order chi connectivity index (χ0) is 15.4. The average Bonchev–Trinajstić information content (AvgIpc) is 2.95. The highest BCUT2D eigenvalue weighted by Gasteiger charge is 2.15. The van der Waals surface area contributed by atoms with Crippen LogP contribution in [0.4, 0.5) is 5.13 Å². The van der Waals surface area contributed by atoms with E-state index in [-0.39, 0.29) is 5.91 Å². The Kier molecular flexibility index (Phi) is 4.46. The lowest BCUT2D eigenvalue weighted by molar-refractivity contribution is -0.117. The van der Waals surface area contributed by atoms with Gasteiger partial charge in [-0.2, -0.15) is 0 Å². The number of nitrogens with two attached hydrogens (primary N) is 1. The predicted octanol–water partition coefficient (Wildman–Crippen LogP) is 3.19. The maximum Gasteiger partial charge on any atom is 0.243 e. The molecule has 3 N–H and O–H groups in total. The van der Waals surface area contributed by atoms with Gasteiger partial charge in [-0.3, -0.25) is 4.79 Å². The lowest BCUT2D eigenvalue weighted by Gasteiger charge is -2.10. The summed E-state index contributed by atoms with van der Waals surface area (Å²) in [6, 6.07) is 17.3. The first-order chi connectivity index (χ1) is 10.7. The van der Waals surface area contributed by atoms with Gasteiger partial charge in [0.25, 0.3) is 0 Å². The van der Waals surface area contributed by atoms with E-state index in [1.807, 2.05) is 54.6 Å². The summed E-state index contributed by atoms with van der Waals surface area (Å²) in [6.07, 6.45) is 1.40. The van der Waals surface area contributed by atoms with Crippen LogP contribution in [0, 0.1) is 0 Å². The van der Waals surface area contributed by atoms with Crippen molar-refractivity contribution in [2.75, 3.05) is 5.32 Å². The third kappa shape index (κ3) is 3.50. The average molecular weight is 311 g/mol. The highest BCUT2D eigenvalue weighted by Crippen LogP contribution is 2.25. The first-order valence-corrected chi connectivity index (χ1v) is 8.00. The Balaban J connectivity index is 1.58. The molecular formula is C17H17N3OS. The summed E-state index contributed by atoms with van der Waals surface area (Å²) in [5.41, 5.74) is 8.05. The molecule has 1 aromatic heterocycles. The number of amides is 1. The zero-order valence-corrected chi connectivity index (χ0v) is 12.8. The SMILES string of the molecule is N[C@H](CCc1ccccc1)C(=O)Nc1nc2ccccc2s1. The number of carbonyl (C=O) groups excluding carboxylic acids is 1. The first-order valence-electron chi connectivity index (χ1n) is 7.18. The number of para-hydroxylation sites is 1. The number of fused-ring (bicyclic) bond motifs is 1. The van der Waals surface area contributed by atoms with Gasteiger partial charge in [0.1, 0.15) is 0 Å². The number of carbonyl (C=O) groups is 1. The van der Waals surface area contributed by atoms with Crippen LogP contribution >= 0.6 is 11.3 Å². The number of rotatable bonds is 5. The molecule has 1 atom stereocenters. The second-order valence-corrected chi connectivity index (χ2v) is 6.14. The van der Waals surface area contributed by atoms with Crippen molar-refractivity contribution < 1.29 is 4.79 Å². The van der Waals surface area contributed by atoms with Crippen LogP contribution in [-0.2, 0) is 11.2 Å². The van der Waals surface area contributed by atoms with E-state index in [4.69, 9.17) is 5.73 Å². The van der Waals surface area contributed by atoms with Gasteiger partial charge in [0, 0.05) is 0 Å². The molecule has 0 aliphatic rings. The van der Waals surface area contributed by atoms with E-state index in [2.05, 4.69) is 10.3 Å². The molecule has 112 valence electrons. The molecule has 0 radical (unpaired) electrons. The van der Waals surface area contributed by atoms with Gasteiger partial charge in [-0.1, -0.05) is 53.8 Å². The van der Waals surface area contributed by atoms with Crippen LogP contribution < -0.4 is 11.1 Å². The van der Waals surface area contributed by atoms with Gasteiger partial charge in [-0.25, -0.2) is 4.98 Å². The highest BCUT2D eigenvalue weighted by molar-refractivity contribution is 7.22. The van der Waals surface area contributed by atoms with Crippen molar-refractivity contribution in [2.24, 2.45) is 5.73 Å². The van der Waals surface area contributed by atoms with Crippen LogP contribution in [0.1, 0.15) is 12.0 Å². The number of anilines is 1. The molecule has 3 rings (SSSR count). The molecule has 0 aliphatic heterocycles. The molecule has 0 spiro atoms. The summed E-state index contributed by atoms with van der Waals surface area (Å²) in [4.78, 5) is 16.5. The zero-order valence-electron chi connectivity index (χ0n) is 12.0. The Morgan fingerprint density at radius 3 is 2.64 bits per heavy atom. The standard InChI is InChI=1S/C17H17N3OS/c18-13(11-10-12-6-2-1-3-7-12)16(21)20-17-19-14-8-4-5-9-15(14)22-17/h1-9,13H,10-11,18H2,(H,19,20,21)/t13-/m1/s1. The number of hydrogen-bond donors (Lipinski definition) is 2. The van der Waals surface area contributed by atoms with Crippen molar-refractivity contribution in [3.8, 4) is 0 Å². The molecule has 2 aromatic carbocycles. The van der Waals surface area contributed by atoms with Crippen molar-refractivity contribution in [3.05, 3.63) is 60.2 Å². The van der Waals surface area contributed by atoms with E-state index < -0.39 is 6.04 Å². The Labute approximate surface area is 133 Å². The molecular weight excluding hydrogens is 294 g/mol. The normalized spacial score (nSPS) is 12.2. The number of aryl methyl sites for hydroxylation is 1. The molecule has 1 heterocycles. The molecule has 0 aliphatic carbocycles. The minimum absolute atomic E-state index is 0.185. The molecule has 4 nitrogen and oxygen atoms in total. The summed E-state index contributed by atoms with van der Waals surface area (Å²) in [5, 5.41) is 3.41. The minimum atomic E-state index is -0.535. The second-order valence-electron chi connectivity index (χ2n) is 5.11. The molecule has 0 saturated carbocycles. The maximum atomic E-state index is 12.1. The largest absolute Gasteiger partial charge is 0.320 e. The van der Waals surface area contributed by atoms with Gasteiger partial charge in [0.2, 0.25) is 5.91 Å². The Hall–Kier alpha value is -2.24. The summed E-state index contributed by atoms with van der Waals surface area (Å²) in [7, 11) is 0. The molecule has 0 bridgehead atoms. The monoisotopic (exact) mass is 311 g/mol. The van der Waals surface area contributed by atoms with E-state index in [1.165, 1.54) is 16.9 Å². The smallest absolute Gasteiger partial charge is 0.243 e. The van der Waals surface area contributed by atoms with Crippen LogP contribution in [-0.4, -0.2) is 16.9 Å². The Morgan fingerprint density at radius 2 is 1.86 bits per heavy atom. The van der Waals surface area contributed by atoms with Crippen molar-refractivity contribution in [2.45, 2.75) is 18.9 Å². The lowest BCUT2D eigenvalue weighted by Crippen LogP contribution is -2.35. The van der Waals surface area contributed by atoms with Crippen molar-refractivity contribution in [1.82, 2.24) is 4.98 Å². The van der Waals surface area contributed by atoms with Crippen LogP contribution in [0.5, 0.6) is 0 Å². The van der Waals surface area contributed by atoms with Gasteiger partial charge in [0.05, 0.1) is 16.3 Å². The summed E-state index contributed by atoms with van der Waals surface area (Å²) in [5.74, 6) is -0.185. The van der Waals surface area contributed by atoms with Crippen LogP contribution in [0.25, 0.3) is 10.2 Å². The van der Waals surface area contributed by atoms with E-state index in [1.54, 1.807) is 0 Å². The third-order valence-electron chi connectivity index (χ3n) is 3.45. The summed E-state index contributed by atoms with van der Waals surface area (Å²) < 4.78 is 1.05. The molecule has 5 heteroatoms. The number of benzene rings is 2. The van der Waals surface area contributed by atoms with Crippen LogP contribution in [0.2, 0.25) is 0 Å². The lowest BCUT2D eigenvalue weighted by atomic mass is 10.1. The number of thiazole rings is 1. The quantitative estimate of drug-likeness (QED) is 0.760. The maximum absolute atomic E-state index is 12.1. The van der Waals surface area contributed by atoms with Crippen molar-refractivity contribution >= 4 is 32.6 Å². The summed E-state index contributed by atoms with van der Waals surface area (Å²) >= 11 is 1.46. The third-order valence-corrected chi connectivity index (χ3v) is 4.40. The van der Waals surface area contributed by atoms with Crippen LogP contribution in [0.3, 0.4) is 0 Å². The van der Waals surface area contributed by atoms with Gasteiger partial charge in [-0.05, 0) is 30.5 Å². The first kappa shape index (κ1) is 14.7. The van der Waals surface area contributed by atoms with Gasteiger partial charge in [0.15, 0.2) is 5.13 Å². The molecule has 0 fully saturated rings. The summed E-state index contributed by atoms with van der Waals surface area (Å²) in [6.45, 7) is 0. The number of nitrogens with one attached hydrogen (secondary N) is 1. The minimum Gasteiger partial charge on any atom is -0.320 e. The van der Waals surface area contributed by atoms with Gasteiger partial charge in [-0.15, -0.1) is 0 Å². The second kappa shape index (κ2) is 6.68. The van der Waals surface area contributed by atoms with Gasteiger partial charge >= 0.3 is 0 Å². The molecule has 3 aromatic rings. The van der Waals surface area contributed by atoms with E-state index in [9.17, 15) is 4.79 Å². The molecule has 22 heavy (non-hydrogen) atoms. The van der Waals surface area contributed by atoms with E-state index in [0.29, 0.717) is 11.6 Å².